The van der Waals surface area contributed by atoms with Gasteiger partial charge < -0.3 is 8.80 Å². The summed E-state index contributed by atoms with van der Waals surface area (Å²) in [5, 5.41) is 11.1. The molecular weight excluding hydrogens is 681 g/mol. The molecule has 0 atom stereocenters. The van der Waals surface area contributed by atoms with E-state index in [2.05, 4.69) is 185 Å². The van der Waals surface area contributed by atoms with Crippen molar-refractivity contribution in [2.45, 2.75) is 0 Å². The van der Waals surface area contributed by atoms with Crippen LogP contribution in [0.2, 0.25) is 0 Å². The van der Waals surface area contributed by atoms with E-state index in [4.69, 9.17) is 9.97 Å². The van der Waals surface area contributed by atoms with E-state index in [0.29, 0.717) is 0 Å². The van der Waals surface area contributed by atoms with Crippen molar-refractivity contribution in [2.24, 2.45) is 0 Å². The molecule has 4 nitrogen and oxygen atoms in total. The molecule has 13 rings (SSSR count). The first kappa shape index (κ1) is 29.8. The minimum absolute atomic E-state index is 0.728. The molecule has 0 spiro atoms. The van der Waals surface area contributed by atoms with Crippen LogP contribution < -0.4 is 0 Å². The highest BCUT2D eigenvalue weighted by atomic mass is 15.0. The molecule has 13 aromatic rings. The average Bonchev–Trinajstić information content (AvgIpc) is 3.80. The zero-order valence-corrected chi connectivity index (χ0v) is 30.1. The van der Waals surface area contributed by atoms with Crippen LogP contribution in [0.25, 0.3) is 121 Å². The van der Waals surface area contributed by atoms with Gasteiger partial charge in [-0.1, -0.05) is 146 Å². The maximum atomic E-state index is 5.26. The number of nitrogens with zero attached hydrogens (tertiary/aromatic N) is 4. The zero-order valence-electron chi connectivity index (χ0n) is 30.1. The predicted octanol–water partition coefficient (Wildman–Crippen LogP) is 13.5. The SMILES string of the molecule is c1ccc(-c2nc(-c3ccc(-c4ccc5c6c7ccccc7c7c8ccccc8n8c9ccccc9n(c5c4)c6c78)c4ccccc34)nc3ccccc23)cc1. The Hall–Kier alpha value is -7.56. The van der Waals surface area contributed by atoms with Crippen molar-refractivity contribution in [3.8, 4) is 33.8 Å². The largest absolute Gasteiger partial charge is 0.305 e. The van der Waals surface area contributed by atoms with Gasteiger partial charge in [-0.3, -0.25) is 0 Å². The van der Waals surface area contributed by atoms with Crippen LogP contribution in [0.3, 0.4) is 0 Å². The Kier molecular flexibility index (Phi) is 5.86. The van der Waals surface area contributed by atoms with Gasteiger partial charge in [-0.2, -0.15) is 0 Å². The van der Waals surface area contributed by atoms with Crippen LogP contribution in [0.4, 0.5) is 0 Å². The lowest BCUT2D eigenvalue weighted by Gasteiger charge is -2.14. The van der Waals surface area contributed by atoms with E-state index < -0.39 is 0 Å². The van der Waals surface area contributed by atoms with Crippen LogP contribution in [-0.2, 0) is 0 Å². The number of rotatable bonds is 3. The van der Waals surface area contributed by atoms with Crippen LogP contribution >= 0.6 is 0 Å². The molecule has 0 fully saturated rings. The second kappa shape index (κ2) is 11.0. The van der Waals surface area contributed by atoms with E-state index >= 15 is 0 Å². The van der Waals surface area contributed by atoms with Crippen LogP contribution in [0, 0.1) is 0 Å². The maximum absolute atomic E-state index is 5.26. The summed E-state index contributed by atoms with van der Waals surface area (Å²) >= 11 is 0. The summed E-state index contributed by atoms with van der Waals surface area (Å²) in [6.07, 6.45) is 0. The quantitative estimate of drug-likeness (QED) is 0.171. The molecule has 0 aliphatic rings. The van der Waals surface area contributed by atoms with E-state index in [9.17, 15) is 0 Å². The minimum Gasteiger partial charge on any atom is -0.305 e. The Morgan fingerprint density at radius 2 is 0.839 bits per heavy atom. The number of fused-ring (bicyclic) bond motifs is 14. The number of benzene rings is 9. The molecule has 56 heavy (non-hydrogen) atoms. The topological polar surface area (TPSA) is 34.6 Å². The predicted molar refractivity (Wildman–Crippen MR) is 234 cm³/mol. The summed E-state index contributed by atoms with van der Waals surface area (Å²) < 4.78 is 5.03. The second-order valence-corrected chi connectivity index (χ2v) is 14.9. The third-order valence-electron chi connectivity index (χ3n) is 12.0. The van der Waals surface area contributed by atoms with Gasteiger partial charge in [-0.15, -0.1) is 0 Å². The summed E-state index contributed by atoms with van der Waals surface area (Å²) in [5.74, 6) is 0.728. The number of hydrogen-bond acceptors (Lipinski definition) is 2. The van der Waals surface area contributed by atoms with Crippen molar-refractivity contribution in [1.82, 2.24) is 18.8 Å². The molecule has 0 amide bonds. The van der Waals surface area contributed by atoms with E-state index in [1.807, 2.05) is 6.07 Å². The summed E-state index contributed by atoms with van der Waals surface area (Å²) in [7, 11) is 0. The Labute approximate surface area is 320 Å². The van der Waals surface area contributed by atoms with Crippen molar-refractivity contribution in [3.63, 3.8) is 0 Å². The number of aromatic nitrogens is 4. The Balaban J connectivity index is 1.11. The Morgan fingerprint density at radius 1 is 0.321 bits per heavy atom. The molecule has 0 radical (unpaired) electrons. The van der Waals surface area contributed by atoms with Crippen molar-refractivity contribution in [2.75, 3.05) is 0 Å². The molecule has 0 saturated heterocycles. The standard InChI is InChI=1S/C52H30N4/c1-2-14-31(15-3-1)49-39-20-8-10-22-42(39)53-52(54-49)38-29-28-33(34-16-4-5-17-35(34)38)32-26-27-41-46(30-32)56-45-25-13-12-24-44(45)55-43-23-11-9-21-40(43)47-36-18-6-7-19-37(36)48(41)51(56)50(47)55/h1-30H. The molecule has 9 aromatic carbocycles. The zero-order chi connectivity index (χ0) is 36.5. The molecule has 0 N–H and O–H groups in total. The first-order valence-electron chi connectivity index (χ1n) is 19.2. The van der Waals surface area contributed by atoms with Crippen LogP contribution in [0.5, 0.6) is 0 Å². The summed E-state index contributed by atoms with van der Waals surface area (Å²) in [5.41, 5.74) is 13.7. The summed E-state index contributed by atoms with van der Waals surface area (Å²) in [6, 6.07) is 65.7. The molecule has 0 saturated carbocycles. The highest BCUT2D eigenvalue weighted by molar-refractivity contribution is 6.37. The van der Waals surface area contributed by atoms with Gasteiger partial charge in [-0.25, -0.2) is 9.97 Å². The second-order valence-electron chi connectivity index (χ2n) is 14.9. The third kappa shape index (κ3) is 3.87. The fraction of sp³-hybridized carbons (Fsp3) is 0. The van der Waals surface area contributed by atoms with Gasteiger partial charge in [0.15, 0.2) is 5.82 Å². The van der Waals surface area contributed by atoms with Gasteiger partial charge in [0.25, 0.3) is 0 Å². The van der Waals surface area contributed by atoms with E-state index in [0.717, 1.165) is 38.9 Å². The van der Waals surface area contributed by atoms with Gasteiger partial charge in [0.05, 0.1) is 44.3 Å². The van der Waals surface area contributed by atoms with Crippen molar-refractivity contribution < 1.29 is 0 Å². The van der Waals surface area contributed by atoms with E-state index in [1.165, 1.54) is 81.9 Å². The lowest BCUT2D eigenvalue weighted by Crippen LogP contribution is -1.97. The van der Waals surface area contributed by atoms with Crippen molar-refractivity contribution in [3.05, 3.63) is 182 Å². The first-order chi connectivity index (χ1) is 27.8. The van der Waals surface area contributed by atoms with Gasteiger partial charge in [0, 0.05) is 38.1 Å². The van der Waals surface area contributed by atoms with Crippen molar-refractivity contribution in [1.29, 1.82) is 0 Å². The van der Waals surface area contributed by atoms with Crippen molar-refractivity contribution >= 4 is 87.1 Å². The van der Waals surface area contributed by atoms with E-state index in [-0.39, 0.29) is 0 Å². The minimum atomic E-state index is 0.728. The third-order valence-corrected chi connectivity index (χ3v) is 12.0. The van der Waals surface area contributed by atoms with Crippen LogP contribution in [0.1, 0.15) is 0 Å². The lowest BCUT2D eigenvalue weighted by molar-refractivity contribution is 1.23. The summed E-state index contributed by atoms with van der Waals surface area (Å²) in [4.78, 5) is 10.4. The molecule has 0 aliphatic heterocycles. The Morgan fingerprint density at radius 3 is 1.55 bits per heavy atom. The van der Waals surface area contributed by atoms with Crippen LogP contribution in [-0.4, -0.2) is 18.8 Å². The van der Waals surface area contributed by atoms with Gasteiger partial charge in [-0.05, 0) is 69.1 Å². The van der Waals surface area contributed by atoms with Gasteiger partial charge in [0.1, 0.15) is 0 Å². The Bertz CT molecular complexity index is 3720. The molecule has 4 aromatic heterocycles. The molecule has 0 unspecified atom stereocenters. The molecule has 4 heterocycles. The lowest BCUT2D eigenvalue weighted by atomic mass is 9.93. The van der Waals surface area contributed by atoms with Gasteiger partial charge in [0.2, 0.25) is 0 Å². The highest BCUT2D eigenvalue weighted by Crippen LogP contribution is 2.47. The highest BCUT2D eigenvalue weighted by Gasteiger charge is 2.25. The maximum Gasteiger partial charge on any atom is 0.161 e. The van der Waals surface area contributed by atoms with Gasteiger partial charge >= 0.3 is 0 Å². The molecule has 4 heteroatoms. The smallest absolute Gasteiger partial charge is 0.161 e. The fourth-order valence-electron chi connectivity index (χ4n) is 9.71. The molecule has 0 aliphatic carbocycles. The normalized spacial score (nSPS) is 12.3. The number of hydrogen-bond donors (Lipinski definition) is 0. The monoisotopic (exact) mass is 710 g/mol. The molecule has 0 bridgehead atoms. The molecular formula is C52H30N4. The fourth-order valence-corrected chi connectivity index (χ4v) is 9.71. The van der Waals surface area contributed by atoms with E-state index in [1.54, 1.807) is 0 Å². The average molecular weight is 711 g/mol. The first-order valence-corrected chi connectivity index (χ1v) is 19.2. The molecule has 258 valence electrons. The van der Waals surface area contributed by atoms with Crippen LogP contribution in [0.15, 0.2) is 182 Å². The summed E-state index contributed by atoms with van der Waals surface area (Å²) in [6.45, 7) is 0. The number of para-hydroxylation sites is 4.